The molecule has 0 spiro atoms. The third kappa shape index (κ3) is 7.75. The zero-order chi connectivity index (χ0) is 31.9. The standard InChI is InChI=1S/C28H25N3O5S.C2HF3O2/c1-35-22-11-9-19(10-12-22)17-36-28(34)25-21(16-30-13-5-2-6-14-30)18-37-27-24(26(33)31(25)27)29-15-20-7-3-4-8-23(20)32;3-2(4,5)1(6)7/h2-15,24,27H,16-18H2,1H3;(H,6,7)/t24-,27?;/m1./s1. The second-order valence-corrected chi connectivity index (χ2v) is 10.5. The van der Waals surface area contributed by atoms with Crippen molar-refractivity contribution in [1.82, 2.24) is 4.90 Å². The number of methoxy groups -OCH3 is 1. The van der Waals surface area contributed by atoms with Gasteiger partial charge >= 0.3 is 12.1 Å². The number of aliphatic carboxylic acids is 1. The number of aromatic hydroxyl groups is 1. The third-order valence-corrected chi connectivity index (χ3v) is 7.76. The molecule has 0 saturated carbocycles. The molecule has 0 bridgehead atoms. The van der Waals surface area contributed by atoms with Crippen LogP contribution in [-0.2, 0) is 32.3 Å². The molecule has 14 heteroatoms. The highest BCUT2D eigenvalue weighted by Crippen LogP contribution is 2.42. The Labute approximate surface area is 254 Å². The van der Waals surface area contributed by atoms with E-state index in [4.69, 9.17) is 19.4 Å². The van der Waals surface area contributed by atoms with Crippen LogP contribution in [0.4, 0.5) is 13.2 Å². The number of rotatable bonds is 8. The number of aromatic nitrogens is 1. The first-order chi connectivity index (χ1) is 21.0. The largest absolute Gasteiger partial charge is 0.542 e. The van der Waals surface area contributed by atoms with Crippen LogP contribution in [0, 0.1) is 0 Å². The van der Waals surface area contributed by atoms with Gasteiger partial charge < -0.3 is 24.5 Å². The van der Waals surface area contributed by atoms with E-state index in [0.717, 1.165) is 11.1 Å². The van der Waals surface area contributed by atoms with E-state index in [-0.39, 0.29) is 29.3 Å². The predicted molar refractivity (Wildman–Crippen MR) is 150 cm³/mol. The lowest BCUT2D eigenvalue weighted by atomic mass is 10.0. The smallest absolute Gasteiger partial charge is 0.430 e. The fourth-order valence-electron chi connectivity index (χ4n) is 4.23. The first-order valence-corrected chi connectivity index (χ1v) is 14.0. The van der Waals surface area contributed by atoms with Gasteiger partial charge in [-0.05, 0) is 29.8 Å². The van der Waals surface area contributed by atoms with E-state index in [1.807, 2.05) is 47.3 Å². The summed E-state index contributed by atoms with van der Waals surface area (Å²) in [6, 6.07) is 19.2. The minimum Gasteiger partial charge on any atom is -0.542 e. The number of carboxylic acid groups (broad SMARTS) is 1. The molecule has 1 unspecified atom stereocenters. The number of β-lactam (4-membered cyclic amide) rings is 1. The van der Waals surface area contributed by atoms with Crippen LogP contribution in [0.5, 0.6) is 11.5 Å². The summed E-state index contributed by atoms with van der Waals surface area (Å²) in [7, 11) is 1.59. The van der Waals surface area contributed by atoms with Gasteiger partial charge in [0.1, 0.15) is 35.1 Å². The number of thioether (sulfide) groups is 1. The fourth-order valence-corrected chi connectivity index (χ4v) is 5.56. The molecule has 1 aromatic heterocycles. The lowest BCUT2D eigenvalue weighted by Crippen LogP contribution is -2.64. The number of alkyl halides is 3. The normalized spacial score (nSPS) is 17.7. The minimum atomic E-state index is -5.19. The van der Waals surface area contributed by atoms with E-state index in [0.29, 0.717) is 23.6 Å². The number of benzene rings is 2. The van der Waals surface area contributed by atoms with Crippen LogP contribution in [0.2, 0.25) is 0 Å². The second kappa shape index (κ2) is 14.1. The quantitative estimate of drug-likeness (QED) is 0.174. The number of carboxylic acids is 1. The highest BCUT2D eigenvalue weighted by molar-refractivity contribution is 8.00. The van der Waals surface area contributed by atoms with Gasteiger partial charge in [0.25, 0.3) is 5.91 Å². The van der Waals surface area contributed by atoms with Crippen LogP contribution in [0.1, 0.15) is 11.1 Å². The van der Waals surface area contributed by atoms with Crippen molar-refractivity contribution in [3.8, 4) is 11.5 Å². The summed E-state index contributed by atoms with van der Waals surface area (Å²) in [5.74, 6) is -2.44. The van der Waals surface area contributed by atoms with Crippen molar-refractivity contribution in [3.63, 3.8) is 0 Å². The maximum absolute atomic E-state index is 13.4. The number of nitrogens with zero attached hydrogens (tertiary/aromatic N) is 3. The van der Waals surface area contributed by atoms with Crippen molar-refractivity contribution in [2.24, 2.45) is 4.99 Å². The monoisotopic (exact) mass is 629 g/mol. The number of para-hydroxylation sites is 1. The van der Waals surface area contributed by atoms with Crippen LogP contribution in [0.3, 0.4) is 0 Å². The number of halogens is 3. The number of pyridine rings is 1. The van der Waals surface area contributed by atoms with E-state index in [1.165, 1.54) is 11.1 Å². The second-order valence-electron chi connectivity index (χ2n) is 9.40. The lowest BCUT2D eigenvalue weighted by Gasteiger charge is -2.47. The Hall–Kier alpha value is -4.85. The maximum atomic E-state index is 13.4. The molecule has 10 nitrogen and oxygen atoms in total. The first-order valence-electron chi connectivity index (χ1n) is 13.0. The van der Waals surface area contributed by atoms with Crippen LogP contribution >= 0.6 is 11.8 Å². The molecule has 2 aliphatic heterocycles. The Balaban J connectivity index is 0.000000566. The molecule has 1 saturated heterocycles. The molecular weight excluding hydrogens is 603 g/mol. The summed E-state index contributed by atoms with van der Waals surface area (Å²) in [5.41, 5.74) is 2.45. The number of amides is 1. The van der Waals surface area contributed by atoms with E-state index < -0.39 is 24.2 Å². The molecule has 230 valence electrons. The Kier molecular flexibility index (Phi) is 10.3. The molecule has 2 atom stereocenters. The Morgan fingerprint density at radius 3 is 2.39 bits per heavy atom. The molecule has 3 aromatic rings. The van der Waals surface area contributed by atoms with Gasteiger partial charge in [0.2, 0.25) is 0 Å². The molecule has 44 heavy (non-hydrogen) atoms. The highest BCUT2D eigenvalue weighted by Gasteiger charge is 2.54. The van der Waals surface area contributed by atoms with Gasteiger partial charge in [-0.1, -0.05) is 30.3 Å². The minimum absolute atomic E-state index is 0.0762. The number of fused-ring (bicyclic) bond motifs is 1. The number of aliphatic imine (C=N–C) groups is 1. The maximum Gasteiger partial charge on any atom is 0.430 e. The van der Waals surface area contributed by atoms with Gasteiger partial charge in [-0.15, -0.1) is 11.8 Å². The number of carbonyl (C=O) groups excluding carboxylic acids is 3. The van der Waals surface area contributed by atoms with E-state index >= 15 is 0 Å². The topological polar surface area (TPSA) is 132 Å². The molecular formula is C30H26F3N3O7S. The molecule has 1 amide bonds. The fraction of sp³-hybridized carbons (Fsp3) is 0.233. The number of phenolic OH excluding ortho intramolecular Hbond substituents is 1. The molecule has 1 N–H and O–H groups in total. The molecule has 2 aromatic carbocycles. The van der Waals surface area contributed by atoms with Gasteiger partial charge in [0.15, 0.2) is 25.0 Å². The Morgan fingerprint density at radius 1 is 1.11 bits per heavy atom. The Bertz CT molecular complexity index is 1560. The third-order valence-electron chi connectivity index (χ3n) is 6.43. The summed E-state index contributed by atoms with van der Waals surface area (Å²) in [5, 5.41) is 18.5. The number of carbonyl (C=O) groups is 3. The molecule has 0 aliphatic carbocycles. The summed E-state index contributed by atoms with van der Waals surface area (Å²) >= 11 is 1.57. The Morgan fingerprint density at radius 2 is 1.77 bits per heavy atom. The molecule has 3 heterocycles. The van der Waals surface area contributed by atoms with Gasteiger partial charge in [-0.25, -0.2) is 9.36 Å². The SMILES string of the molecule is COc1ccc(COC(=O)C2=C(C[n+]3ccccc3)CSC3[C@H](/N=C\c4ccccc4O)C(=O)N23)cc1.O=C([O-])C(F)(F)F. The number of esters is 1. The summed E-state index contributed by atoms with van der Waals surface area (Å²) in [6.07, 6.45) is 0.152. The number of ether oxygens (including phenoxy) is 2. The van der Waals surface area contributed by atoms with Crippen molar-refractivity contribution in [3.05, 3.63) is 102 Å². The van der Waals surface area contributed by atoms with Crippen molar-refractivity contribution in [2.75, 3.05) is 12.9 Å². The number of hydrogen-bond donors (Lipinski definition) is 1. The van der Waals surface area contributed by atoms with E-state index in [9.17, 15) is 27.9 Å². The van der Waals surface area contributed by atoms with Gasteiger partial charge in [0, 0.05) is 35.2 Å². The van der Waals surface area contributed by atoms with E-state index in [2.05, 4.69) is 4.99 Å². The van der Waals surface area contributed by atoms with Crippen molar-refractivity contribution in [1.29, 1.82) is 0 Å². The zero-order valence-corrected chi connectivity index (χ0v) is 24.0. The van der Waals surface area contributed by atoms with Crippen molar-refractivity contribution in [2.45, 2.75) is 30.7 Å². The van der Waals surface area contributed by atoms with Crippen LogP contribution in [-0.4, -0.2) is 64.5 Å². The number of phenols is 1. The average Bonchev–Trinajstić information content (AvgIpc) is 3.01. The summed E-state index contributed by atoms with van der Waals surface area (Å²) in [6.45, 7) is 0.538. The first kappa shape index (κ1) is 32.1. The van der Waals surface area contributed by atoms with Crippen LogP contribution in [0.15, 0.2) is 95.4 Å². The van der Waals surface area contributed by atoms with Gasteiger partial charge in [-0.2, -0.15) is 13.2 Å². The molecule has 5 rings (SSSR count). The zero-order valence-electron chi connectivity index (χ0n) is 23.1. The van der Waals surface area contributed by atoms with Crippen molar-refractivity contribution < 1.29 is 51.8 Å². The van der Waals surface area contributed by atoms with Crippen LogP contribution in [0.25, 0.3) is 0 Å². The summed E-state index contributed by atoms with van der Waals surface area (Å²) in [4.78, 5) is 41.4. The molecule has 0 radical (unpaired) electrons. The lowest BCUT2D eigenvalue weighted by molar-refractivity contribution is -0.689. The number of hydrogen-bond acceptors (Lipinski definition) is 9. The van der Waals surface area contributed by atoms with Crippen LogP contribution < -0.4 is 14.4 Å². The molecule has 2 aliphatic rings. The molecule has 1 fully saturated rings. The van der Waals surface area contributed by atoms with Gasteiger partial charge in [-0.3, -0.25) is 14.7 Å². The average molecular weight is 630 g/mol. The van der Waals surface area contributed by atoms with Crippen molar-refractivity contribution >= 4 is 35.8 Å². The van der Waals surface area contributed by atoms with Gasteiger partial charge in [0.05, 0.1) is 7.11 Å². The van der Waals surface area contributed by atoms with E-state index in [1.54, 1.807) is 55.3 Å². The highest BCUT2D eigenvalue weighted by atomic mass is 32.2. The summed E-state index contributed by atoms with van der Waals surface area (Å²) < 4.78 is 44.4. The predicted octanol–water partition coefficient (Wildman–Crippen LogP) is 2.39.